The van der Waals surface area contributed by atoms with Gasteiger partial charge in [-0.1, -0.05) is 136 Å². The van der Waals surface area contributed by atoms with Crippen LogP contribution in [0.25, 0.3) is 0 Å². The zero-order valence-corrected chi connectivity index (χ0v) is 21.4. The molecule has 0 saturated heterocycles. The van der Waals surface area contributed by atoms with Gasteiger partial charge in [0.05, 0.1) is 12.0 Å². The summed E-state index contributed by atoms with van der Waals surface area (Å²) in [5.41, 5.74) is -0.268. The number of esters is 1. The molecule has 2 nitrogen and oxygen atoms in total. The summed E-state index contributed by atoms with van der Waals surface area (Å²) >= 11 is 0. The molecule has 0 radical (unpaired) electrons. The molecule has 0 bridgehead atoms. The lowest BCUT2D eigenvalue weighted by atomic mass is 9.80. The van der Waals surface area contributed by atoms with E-state index >= 15 is 0 Å². The van der Waals surface area contributed by atoms with E-state index in [2.05, 4.69) is 27.7 Å². The Hall–Kier alpha value is -0.530. The van der Waals surface area contributed by atoms with Gasteiger partial charge in [-0.3, -0.25) is 4.79 Å². The number of hydrogen-bond acceptors (Lipinski definition) is 2. The zero-order chi connectivity index (χ0) is 22.3. The summed E-state index contributed by atoms with van der Waals surface area (Å²) in [6.07, 6.45) is 26.7. The Morgan fingerprint density at radius 2 is 0.933 bits per heavy atom. The average Bonchev–Trinajstić information content (AvgIpc) is 2.74. The monoisotopic (exact) mass is 424 g/mol. The molecule has 0 saturated carbocycles. The SMILES string of the molecule is CCCCCCCCCCCCCOC(=O)C(C)(CCC)CCCCCCCCC. The van der Waals surface area contributed by atoms with E-state index in [1.165, 1.54) is 103 Å². The molecule has 1 unspecified atom stereocenters. The smallest absolute Gasteiger partial charge is 0.311 e. The van der Waals surface area contributed by atoms with Crippen LogP contribution in [-0.4, -0.2) is 12.6 Å². The molecule has 30 heavy (non-hydrogen) atoms. The molecule has 0 heterocycles. The van der Waals surface area contributed by atoms with Gasteiger partial charge in [-0.15, -0.1) is 0 Å². The summed E-state index contributed by atoms with van der Waals surface area (Å²) in [7, 11) is 0. The number of carbonyl (C=O) groups excluding carboxylic acids is 1. The summed E-state index contributed by atoms with van der Waals surface area (Å²) in [4.78, 5) is 12.7. The van der Waals surface area contributed by atoms with E-state index in [1.807, 2.05) is 0 Å². The summed E-state index contributed by atoms with van der Waals surface area (Å²) < 4.78 is 5.71. The largest absolute Gasteiger partial charge is 0.465 e. The molecule has 0 aromatic heterocycles. The van der Waals surface area contributed by atoms with Crippen LogP contribution in [0.4, 0.5) is 0 Å². The third-order valence-electron chi connectivity index (χ3n) is 6.61. The Morgan fingerprint density at radius 3 is 1.37 bits per heavy atom. The third kappa shape index (κ3) is 17.2. The van der Waals surface area contributed by atoms with Crippen molar-refractivity contribution in [3.05, 3.63) is 0 Å². The van der Waals surface area contributed by atoms with E-state index in [0.717, 1.165) is 32.1 Å². The minimum atomic E-state index is -0.268. The fourth-order valence-corrected chi connectivity index (χ4v) is 4.46. The minimum Gasteiger partial charge on any atom is -0.465 e. The summed E-state index contributed by atoms with van der Waals surface area (Å²) in [6, 6.07) is 0. The lowest BCUT2D eigenvalue weighted by Gasteiger charge is -2.27. The van der Waals surface area contributed by atoms with Gasteiger partial charge in [0, 0.05) is 0 Å². The van der Waals surface area contributed by atoms with Crippen molar-refractivity contribution in [3.63, 3.8) is 0 Å². The molecule has 180 valence electrons. The Labute approximate surface area is 190 Å². The van der Waals surface area contributed by atoms with E-state index in [0.29, 0.717) is 6.61 Å². The van der Waals surface area contributed by atoms with Crippen LogP contribution in [0.1, 0.15) is 163 Å². The molecule has 2 heteroatoms. The number of rotatable bonds is 23. The van der Waals surface area contributed by atoms with Crippen molar-refractivity contribution in [3.8, 4) is 0 Å². The van der Waals surface area contributed by atoms with Crippen LogP contribution in [0.15, 0.2) is 0 Å². The molecule has 0 aliphatic carbocycles. The quantitative estimate of drug-likeness (QED) is 0.120. The fourth-order valence-electron chi connectivity index (χ4n) is 4.46. The van der Waals surface area contributed by atoms with Crippen molar-refractivity contribution >= 4 is 5.97 Å². The van der Waals surface area contributed by atoms with E-state index in [4.69, 9.17) is 4.74 Å². The molecule has 0 amide bonds. The van der Waals surface area contributed by atoms with Crippen LogP contribution in [0, 0.1) is 5.41 Å². The van der Waals surface area contributed by atoms with Gasteiger partial charge in [0.15, 0.2) is 0 Å². The van der Waals surface area contributed by atoms with E-state index in [-0.39, 0.29) is 11.4 Å². The number of ether oxygens (including phenoxy) is 1. The van der Waals surface area contributed by atoms with Gasteiger partial charge < -0.3 is 4.74 Å². The molecule has 0 aliphatic rings. The maximum Gasteiger partial charge on any atom is 0.311 e. The second-order valence-electron chi connectivity index (χ2n) is 9.85. The Bertz CT molecular complexity index is 366. The van der Waals surface area contributed by atoms with Crippen LogP contribution >= 0.6 is 0 Å². The van der Waals surface area contributed by atoms with Gasteiger partial charge in [-0.25, -0.2) is 0 Å². The predicted octanol–water partition coefficient (Wildman–Crippen LogP) is 9.79. The first-order valence-corrected chi connectivity index (χ1v) is 13.8. The van der Waals surface area contributed by atoms with Crippen LogP contribution in [0.5, 0.6) is 0 Å². The van der Waals surface area contributed by atoms with Gasteiger partial charge >= 0.3 is 5.97 Å². The Kier molecular flexibility index (Phi) is 21.3. The van der Waals surface area contributed by atoms with Crippen molar-refractivity contribution in [2.45, 2.75) is 163 Å². The van der Waals surface area contributed by atoms with Crippen LogP contribution < -0.4 is 0 Å². The van der Waals surface area contributed by atoms with Crippen molar-refractivity contribution in [2.75, 3.05) is 6.61 Å². The van der Waals surface area contributed by atoms with Gasteiger partial charge in [-0.05, 0) is 26.2 Å². The molecule has 0 rings (SSSR count). The summed E-state index contributed by atoms with van der Waals surface area (Å²) in [6.45, 7) is 9.47. The molecular formula is C28H56O2. The fraction of sp³-hybridized carbons (Fsp3) is 0.964. The van der Waals surface area contributed by atoms with Crippen molar-refractivity contribution in [1.82, 2.24) is 0 Å². The van der Waals surface area contributed by atoms with Gasteiger partial charge in [0.2, 0.25) is 0 Å². The number of carbonyl (C=O) groups is 1. The highest BCUT2D eigenvalue weighted by Crippen LogP contribution is 2.32. The van der Waals surface area contributed by atoms with Crippen molar-refractivity contribution in [1.29, 1.82) is 0 Å². The standard InChI is InChI=1S/C28H56O2/c1-5-8-10-12-14-15-16-17-19-21-23-26-30-27(29)28(4,24-7-3)25-22-20-18-13-11-9-6-2/h5-26H2,1-4H3. The molecule has 0 spiro atoms. The second kappa shape index (κ2) is 21.7. The molecular weight excluding hydrogens is 368 g/mol. The van der Waals surface area contributed by atoms with E-state index in [9.17, 15) is 4.79 Å². The highest BCUT2D eigenvalue weighted by atomic mass is 16.5. The van der Waals surface area contributed by atoms with Crippen LogP contribution in [0.2, 0.25) is 0 Å². The molecule has 0 N–H and O–H groups in total. The first kappa shape index (κ1) is 29.5. The highest BCUT2D eigenvalue weighted by Gasteiger charge is 2.33. The summed E-state index contributed by atoms with van der Waals surface area (Å²) in [5, 5.41) is 0. The number of unbranched alkanes of at least 4 members (excludes halogenated alkanes) is 16. The predicted molar refractivity (Wildman–Crippen MR) is 133 cm³/mol. The van der Waals surface area contributed by atoms with Gasteiger partial charge in [0.25, 0.3) is 0 Å². The Morgan fingerprint density at radius 1 is 0.533 bits per heavy atom. The topological polar surface area (TPSA) is 26.3 Å². The molecule has 0 aromatic carbocycles. The maximum atomic E-state index is 12.7. The number of hydrogen-bond donors (Lipinski definition) is 0. The highest BCUT2D eigenvalue weighted by molar-refractivity contribution is 5.76. The Balaban J connectivity index is 3.76. The van der Waals surface area contributed by atoms with E-state index < -0.39 is 0 Å². The lowest BCUT2D eigenvalue weighted by molar-refractivity contribution is -0.156. The molecule has 1 atom stereocenters. The first-order valence-electron chi connectivity index (χ1n) is 13.8. The van der Waals surface area contributed by atoms with E-state index in [1.54, 1.807) is 0 Å². The van der Waals surface area contributed by atoms with Gasteiger partial charge in [-0.2, -0.15) is 0 Å². The van der Waals surface area contributed by atoms with Gasteiger partial charge in [0.1, 0.15) is 0 Å². The lowest BCUT2D eigenvalue weighted by Crippen LogP contribution is -2.30. The van der Waals surface area contributed by atoms with Crippen LogP contribution in [0.3, 0.4) is 0 Å². The molecule has 0 fully saturated rings. The average molecular weight is 425 g/mol. The molecule has 0 aliphatic heterocycles. The van der Waals surface area contributed by atoms with Crippen LogP contribution in [-0.2, 0) is 9.53 Å². The summed E-state index contributed by atoms with van der Waals surface area (Å²) in [5.74, 6) is 0.0578. The first-order chi connectivity index (χ1) is 14.6. The maximum absolute atomic E-state index is 12.7. The normalized spacial score (nSPS) is 13.3. The second-order valence-corrected chi connectivity index (χ2v) is 9.85. The van der Waals surface area contributed by atoms with Crippen molar-refractivity contribution in [2.24, 2.45) is 5.41 Å². The molecule has 0 aromatic rings. The zero-order valence-electron chi connectivity index (χ0n) is 21.4. The minimum absolute atomic E-state index is 0.0578. The van der Waals surface area contributed by atoms with Crippen molar-refractivity contribution < 1.29 is 9.53 Å². The third-order valence-corrected chi connectivity index (χ3v) is 6.61.